The Labute approximate surface area is 83.7 Å². The standard InChI is InChI=1S/C9H18N2O3/c1-6(9(13)14)4-3-5-11-8(12)7(2)10/h6-7H,3-5,10H2,1-2H3,(H,11,12)(H,13,14)/t6?,7-/m1/s1. The van der Waals surface area contributed by atoms with E-state index in [2.05, 4.69) is 5.32 Å². The molecule has 0 saturated heterocycles. The van der Waals surface area contributed by atoms with Crippen molar-refractivity contribution in [3.63, 3.8) is 0 Å². The van der Waals surface area contributed by atoms with Crippen molar-refractivity contribution in [3.8, 4) is 0 Å². The molecule has 0 aliphatic carbocycles. The molecule has 0 saturated carbocycles. The predicted octanol–water partition coefficient (Wildman–Crippen LogP) is -0.0493. The molecule has 0 fully saturated rings. The largest absolute Gasteiger partial charge is 0.481 e. The molecular weight excluding hydrogens is 184 g/mol. The normalized spacial score (nSPS) is 14.5. The van der Waals surface area contributed by atoms with Crippen molar-refractivity contribution in [3.05, 3.63) is 0 Å². The zero-order valence-electron chi connectivity index (χ0n) is 8.62. The lowest BCUT2D eigenvalue weighted by atomic mass is 10.1. The first-order valence-electron chi connectivity index (χ1n) is 4.71. The van der Waals surface area contributed by atoms with Crippen LogP contribution in [0, 0.1) is 5.92 Å². The van der Waals surface area contributed by atoms with Crippen LogP contribution in [0.5, 0.6) is 0 Å². The van der Waals surface area contributed by atoms with E-state index >= 15 is 0 Å². The third-order valence-electron chi connectivity index (χ3n) is 1.95. The second-order valence-corrected chi connectivity index (χ2v) is 3.46. The zero-order valence-corrected chi connectivity index (χ0v) is 8.62. The van der Waals surface area contributed by atoms with Crippen molar-refractivity contribution in [1.29, 1.82) is 0 Å². The van der Waals surface area contributed by atoms with Crippen LogP contribution in [0.2, 0.25) is 0 Å². The summed E-state index contributed by atoms with van der Waals surface area (Å²) >= 11 is 0. The van der Waals surface area contributed by atoms with Crippen LogP contribution in [0.25, 0.3) is 0 Å². The van der Waals surface area contributed by atoms with Crippen LogP contribution in [0.3, 0.4) is 0 Å². The highest BCUT2D eigenvalue weighted by Gasteiger charge is 2.10. The van der Waals surface area contributed by atoms with Gasteiger partial charge in [-0.1, -0.05) is 6.92 Å². The third-order valence-corrected chi connectivity index (χ3v) is 1.95. The monoisotopic (exact) mass is 202 g/mol. The Hall–Kier alpha value is -1.10. The van der Waals surface area contributed by atoms with Crippen molar-refractivity contribution < 1.29 is 14.7 Å². The number of carbonyl (C=O) groups is 2. The maximum absolute atomic E-state index is 11.0. The Balaban J connectivity index is 3.47. The molecule has 1 amide bonds. The number of aliphatic carboxylic acids is 1. The van der Waals surface area contributed by atoms with Crippen LogP contribution >= 0.6 is 0 Å². The molecule has 5 heteroatoms. The number of nitrogens with two attached hydrogens (primary N) is 1. The number of hydrogen-bond acceptors (Lipinski definition) is 3. The highest BCUT2D eigenvalue weighted by Crippen LogP contribution is 2.03. The molecule has 1 unspecified atom stereocenters. The van der Waals surface area contributed by atoms with Gasteiger partial charge >= 0.3 is 5.97 Å². The van der Waals surface area contributed by atoms with Gasteiger partial charge in [0.15, 0.2) is 0 Å². The fraction of sp³-hybridized carbons (Fsp3) is 0.778. The van der Waals surface area contributed by atoms with Crippen molar-refractivity contribution in [1.82, 2.24) is 5.32 Å². The molecular formula is C9H18N2O3. The lowest BCUT2D eigenvalue weighted by Gasteiger charge is -2.08. The third kappa shape index (κ3) is 5.53. The van der Waals surface area contributed by atoms with Crippen LogP contribution in [0.15, 0.2) is 0 Å². The molecule has 0 aliphatic rings. The fourth-order valence-corrected chi connectivity index (χ4v) is 0.904. The summed E-state index contributed by atoms with van der Waals surface area (Å²) in [6.45, 7) is 3.74. The number of rotatable bonds is 6. The van der Waals surface area contributed by atoms with Gasteiger partial charge in [-0.25, -0.2) is 0 Å². The number of carboxylic acid groups (broad SMARTS) is 1. The van der Waals surface area contributed by atoms with E-state index in [1.807, 2.05) is 0 Å². The van der Waals surface area contributed by atoms with Gasteiger partial charge in [0.05, 0.1) is 12.0 Å². The van der Waals surface area contributed by atoms with Crippen molar-refractivity contribution in [2.75, 3.05) is 6.54 Å². The summed E-state index contributed by atoms with van der Waals surface area (Å²) < 4.78 is 0. The van der Waals surface area contributed by atoms with Gasteiger partial charge in [-0.2, -0.15) is 0 Å². The van der Waals surface area contributed by atoms with Gasteiger partial charge in [-0.15, -0.1) is 0 Å². The quantitative estimate of drug-likeness (QED) is 0.526. The molecule has 5 nitrogen and oxygen atoms in total. The minimum Gasteiger partial charge on any atom is -0.481 e. The summed E-state index contributed by atoms with van der Waals surface area (Å²) in [5, 5.41) is 11.2. The predicted molar refractivity (Wildman–Crippen MR) is 52.7 cm³/mol. The van der Waals surface area contributed by atoms with Gasteiger partial charge in [-0.05, 0) is 19.8 Å². The number of amides is 1. The number of nitrogens with one attached hydrogen (secondary N) is 1. The molecule has 0 aromatic carbocycles. The van der Waals surface area contributed by atoms with E-state index in [1.54, 1.807) is 13.8 Å². The Bertz CT molecular complexity index is 204. The maximum Gasteiger partial charge on any atom is 0.306 e. The molecule has 0 aromatic rings. The number of carboxylic acids is 1. The highest BCUT2D eigenvalue weighted by molar-refractivity contribution is 5.80. The summed E-state index contributed by atoms with van der Waals surface area (Å²) in [4.78, 5) is 21.4. The molecule has 0 spiro atoms. The topological polar surface area (TPSA) is 92.4 Å². The van der Waals surface area contributed by atoms with E-state index in [9.17, 15) is 9.59 Å². The van der Waals surface area contributed by atoms with Gasteiger partial charge in [0.1, 0.15) is 0 Å². The molecule has 0 aliphatic heterocycles. The van der Waals surface area contributed by atoms with Crippen molar-refractivity contribution >= 4 is 11.9 Å². The van der Waals surface area contributed by atoms with Crippen LogP contribution in [-0.4, -0.2) is 29.6 Å². The first-order valence-corrected chi connectivity index (χ1v) is 4.71. The SMILES string of the molecule is CC(CCCNC(=O)[C@@H](C)N)C(=O)O. The Morgan fingerprint density at radius 2 is 2.00 bits per heavy atom. The molecule has 0 rings (SSSR count). The van der Waals surface area contributed by atoms with Gasteiger partial charge in [0.2, 0.25) is 5.91 Å². The first-order chi connectivity index (χ1) is 6.45. The van der Waals surface area contributed by atoms with Gasteiger partial charge < -0.3 is 16.2 Å². The average Bonchev–Trinajstić information content (AvgIpc) is 2.11. The van der Waals surface area contributed by atoms with Crippen LogP contribution in [0.4, 0.5) is 0 Å². The van der Waals surface area contributed by atoms with Gasteiger partial charge in [-0.3, -0.25) is 9.59 Å². The maximum atomic E-state index is 11.0. The van der Waals surface area contributed by atoms with Gasteiger partial charge in [0, 0.05) is 6.54 Å². The summed E-state index contributed by atoms with van der Waals surface area (Å²) in [6.07, 6.45) is 1.22. The molecule has 0 aromatic heterocycles. The second kappa shape index (κ2) is 6.37. The van der Waals surface area contributed by atoms with E-state index in [0.29, 0.717) is 19.4 Å². The Morgan fingerprint density at radius 3 is 2.43 bits per heavy atom. The lowest BCUT2D eigenvalue weighted by molar-refractivity contribution is -0.141. The minimum absolute atomic E-state index is 0.201. The van der Waals surface area contributed by atoms with E-state index in [-0.39, 0.29) is 11.8 Å². The van der Waals surface area contributed by atoms with E-state index in [0.717, 1.165) is 0 Å². The Kier molecular flexibility index (Phi) is 5.87. The second-order valence-electron chi connectivity index (χ2n) is 3.46. The molecule has 14 heavy (non-hydrogen) atoms. The highest BCUT2D eigenvalue weighted by atomic mass is 16.4. The number of carbonyl (C=O) groups excluding carboxylic acids is 1. The lowest BCUT2D eigenvalue weighted by Crippen LogP contribution is -2.38. The van der Waals surface area contributed by atoms with Gasteiger partial charge in [0.25, 0.3) is 0 Å². The molecule has 0 bridgehead atoms. The smallest absolute Gasteiger partial charge is 0.306 e. The molecule has 0 radical (unpaired) electrons. The minimum atomic E-state index is -0.802. The number of hydrogen-bond donors (Lipinski definition) is 3. The first kappa shape index (κ1) is 12.9. The average molecular weight is 202 g/mol. The zero-order chi connectivity index (χ0) is 11.1. The molecule has 0 heterocycles. The summed E-state index contributed by atoms with van der Waals surface area (Å²) in [5.74, 6) is -1.36. The summed E-state index contributed by atoms with van der Waals surface area (Å²) in [6, 6.07) is -0.508. The summed E-state index contributed by atoms with van der Waals surface area (Å²) in [5.41, 5.74) is 5.32. The fourth-order valence-electron chi connectivity index (χ4n) is 0.904. The van der Waals surface area contributed by atoms with Crippen molar-refractivity contribution in [2.24, 2.45) is 11.7 Å². The molecule has 2 atom stereocenters. The molecule has 4 N–H and O–H groups in total. The van der Waals surface area contributed by atoms with E-state index < -0.39 is 12.0 Å². The van der Waals surface area contributed by atoms with Crippen LogP contribution in [-0.2, 0) is 9.59 Å². The molecule has 82 valence electrons. The van der Waals surface area contributed by atoms with Crippen LogP contribution in [0.1, 0.15) is 26.7 Å². The van der Waals surface area contributed by atoms with Crippen molar-refractivity contribution in [2.45, 2.75) is 32.7 Å². The van der Waals surface area contributed by atoms with Crippen LogP contribution < -0.4 is 11.1 Å². The van der Waals surface area contributed by atoms with E-state index in [4.69, 9.17) is 10.8 Å². The Morgan fingerprint density at radius 1 is 1.43 bits per heavy atom. The van der Waals surface area contributed by atoms with E-state index in [1.165, 1.54) is 0 Å². The summed E-state index contributed by atoms with van der Waals surface area (Å²) in [7, 11) is 0.